The van der Waals surface area contributed by atoms with Gasteiger partial charge in [-0.3, -0.25) is 0 Å². The van der Waals surface area contributed by atoms with E-state index in [-0.39, 0.29) is 6.04 Å². The molecule has 0 amide bonds. The minimum atomic E-state index is 0.108. The molecular formula is C14H24N4O2. The summed E-state index contributed by atoms with van der Waals surface area (Å²) in [7, 11) is 0. The van der Waals surface area contributed by atoms with Crippen LogP contribution in [0.5, 0.6) is 0 Å². The third-order valence-corrected chi connectivity index (χ3v) is 4.23. The van der Waals surface area contributed by atoms with Crippen LogP contribution in [-0.4, -0.2) is 42.0 Å². The van der Waals surface area contributed by atoms with Crippen molar-refractivity contribution in [1.29, 1.82) is 0 Å². The predicted molar refractivity (Wildman–Crippen MR) is 75.7 cm³/mol. The number of aromatic nitrogens is 2. The molecule has 2 aliphatic rings. The molecule has 1 aliphatic heterocycles. The fraction of sp³-hybridized carbons (Fsp3) is 0.857. The first-order valence-corrected chi connectivity index (χ1v) is 7.74. The largest absolute Gasteiger partial charge is 0.406 e. The van der Waals surface area contributed by atoms with E-state index in [9.17, 15) is 0 Å². The highest BCUT2D eigenvalue weighted by molar-refractivity contribution is 5.29. The highest BCUT2D eigenvalue weighted by atomic mass is 16.5. The quantitative estimate of drug-likeness (QED) is 0.888. The lowest BCUT2D eigenvalue weighted by atomic mass is 10.1. The van der Waals surface area contributed by atoms with Crippen molar-refractivity contribution in [2.45, 2.75) is 57.7 Å². The molecule has 0 spiro atoms. The fourth-order valence-corrected chi connectivity index (χ4v) is 3.13. The van der Waals surface area contributed by atoms with E-state index in [1.165, 1.54) is 6.42 Å². The monoisotopic (exact) mass is 280 g/mol. The molecule has 1 N–H and O–H groups in total. The van der Waals surface area contributed by atoms with Crippen LogP contribution in [0.1, 0.15) is 51.5 Å². The number of nitrogens with one attached hydrogen (secondary N) is 1. The topological polar surface area (TPSA) is 63.4 Å². The average molecular weight is 280 g/mol. The van der Waals surface area contributed by atoms with E-state index in [0.717, 1.165) is 39.0 Å². The summed E-state index contributed by atoms with van der Waals surface area (Å²) >= 11 is 0. The summed E-state index contributed by atoms with van der Waals surface area (Å²) in [6, 6.07) is 1.18. The van der Waals surface area contributed by atoms with Crippen molar-refractivity contribution in [3.63, 3.8) is 0 Å². The molecule has 2 heterocycles. The van der Waals surface area contributed by atoms with Crippen LogP contribution in [-0.2, 0) is 4.74 Å². The minimum absolute atomic E-state index is 0.108. The highest BCUT2D eigenvalue weighted by Gasteiger charge is 2.38. The number of morpholine rings is 1. The van der Waals surface area contributed by atoms with E-state index in [2.05, 4.69) is 34.3 Å². The molecule has 3 atom stereocenters. The third kappa shape index (κ3) is 2.67. The zero-order valence-electron chi connectivity index (χ0n) is 12.3. The second-order valence-electron chi connectivity index (χ2n) is 5.70. The molecule has 1 saturated heterocycles. The highest BCUT2D eigenvalue weighted by Crippen LogP contribution is 2.32. The van der Waals surface area contributed by atoms with Gasteiger partial charge in [-0.1, -0.05) is 12.0 Å². The second-order valence-corrected chi connectivity index (χ2v) is 5.70. The Morgan fingerprint density at radius 2 is 2.30 bits per heavy atom. The van der Waals surface area contributed by atoms with E-state index in [1.807, 2.05) is 0 Å². The van der Waals surface area contributed by atoms with Crippen molar-refractivity contribution in [3.05, 3.63) is 5.89 Å². The van der Waals surface area contributed by atoms with Gasteiger partial charge < -0.3 is 19.4 Å². The Hall–Kier alpha value is -1.14. The van der Waals surface area contributed by atoms with Gasteiger partial charge in [0, 0.05) is 6.54 Å². The molecule has 3 rings (SSSR count). The molecule has 1 saturated carbocycles. The van der Waals surface area contributed by atoms with Crippen LogP contribution in [0, 0.1) is 0 Å². The molecule has 112 valence electrons. The van der Waals surface area contributed by atoms with Crippen molar-refractivity contribution in [2.24, 2.45) is 0 Å². The smallest absolute Gasteiger partial charge is 0.318 e. The van der Waals surface area contributed by atoms with Crippen LogP contribution in [0.25, 0.3) is 0 Å². The maximum atomic E-state index is 5.88. The predicted octanol–water partition coefficient (Wildman–Crippen LogP) is 1.89. The first-order valence-electron chi connectivity index (χ1n) is 7.74. The minimum Gasteiger partial charge on any atom is -0.406 e. The number of fused-ring (bicyclic) bond motifs is 1. The van der Waals surface area contributed by atoms with Gasteiger partial charge in [0.15, 0.2) is 0 Å². The van der Waals surface area contributed by atoms with E-state index < -0.39 is 0 Å². The summed E-state index contributed by atoms with van der Waals surface area (Å²) in [5.74, 6) is 0.675. The average Bonchev–Trinajstić information content (AvgIpc) is 3.12. The maximum absolute atomic E-state index is 5.88. The first kappa shape index (κ1) is 13.8. The van der Waals surface area contributed by atoms with Crippen molar-refractivity contribution in [2.75, 3.05) is 24.6 Å². The molecule has 20 heavy (non-hydrogen) atoms. The van der Waals surface area contributed by atoms with Crippen molar-refractivity contribution >= 4 is 6.01 Å². The first-order chi connectivity index (χ1) is 9.79. The van der Waals surface area contributed by atoms with Gasteiger partial charge in [0.2, 0.25) is 5.89 Å². The van der Waals surface area contributed by atoms with E-state index in [4.69, 9.17) is 9.15 Å². The van der Waals surface area contributed by atoms with E-state index in [1.54, 1.807) is 0 Å². The number of hydrogen-bond acceptors (Lipinski definition) is 6. The van der Waals surface area contributed by atoms with Gasteiger partial charge in [-0.15, -0.1) is 5.10 Å². The van der Waals surface area contributed by atoms with Gasteiger partial charge in [0.25, 0.3) is 0 Å². The summed E-state index contributed by atoms with van der Waals surface area (Å²) in [5, 5.41) is 11.8. The van der Waals surface area contributed by atoms with Crippen LogP contribution in [0.4, 0.5) is 6.01 Å². The molecule has 6 heteroatoms. The number of nitrogens with zero attached hydrogens (tertiary/aromatic N) is 3. The molecule has 1 aromatic heterocycles. The van der Waals surface area contributed by atoms with Gasteiger partial charge in [0.1, 0.15) is 0 Å². The molecule has 3 unspecified atom stereocenters. The fourth-order valence-electron chi connectivity index (χ4n) is 3.13. The second kappa shape index (κ2) is 6.10. The zero-order chi connectivity index (χ0) is 13.9. The molecule has 0 radical (unpaired) electrons. The summed E-state index contributed by atoms with van der Waals surface area (Å²) in [6.45, 7) is 6.76. The van der Waals surface area contributed by atoms with Crippen molar-refractivity contribution < 1.29 is 9.15 Å². The Labute approximate surface area is 119 Å². The normalized spacial score (nSPS) is 27.6. The zero-order valence-corrected chi connectivity index (χ0v) is 12.3. The Bertz CT molecular complexity index is 437. The number of anilines is 1. The summed E-state index contributed by atoms with van der Waals surface area (Å²) < 4.78 is 11.7. The molecule has 6 nitrogen and oxygen atoms in total. The van der Waals surface area contributed by atoms with Crippen molar-refractivity contribution in [1.82, 2.24) is 15.5 Å². The molecular weight excluding hydrogens is 256 g/mol. The maximum Gasteiger partial charge on any atom is 0.318 e. The summed E-state index contributed by atoms with van der Waals surface area (Å²) in [5.41, 5.74) is 0. The Kier molecular flexibility index (Phi) is 4.21. The Balaban J connectivity index is 1.69. The molecule has 1 aliphatic carbocycles. The van der Waals surface area contributed by atoms with Crippen LogP contribution >= 0.6 is 0 Å². The van der Waals surface area contributed by atoms with Gasteiger partial charge in [0.05, 0.1) is 24.8 Å². The molecule has 2 fully saturated rings. The van der Waals surface area contributed by atoms with Crippen LogP contribution in [0.3, 0.4) is 0 Å². The SMILES string of the molecule is CCCNC(C)c1nnc(N2CCOC3CCCC32)o1. The summed E-state index contributed by atoms with van der Waals surface area (Å²) in [6.07, 6.45) is 4.97. The molecule has 0 aromatic carbocycles. The number of ether oxygens (including phenoxy) is 1. The lowest BCUT2D eigenvalue weighted by Crippen LogP contribution is -2.48. The molecule has 1 aromatic rings. The van der Waals surface area contributed by atoms with Crippen LogP contribution < -0.4 is 10.2 Å². The van der Waals surface area contributed by atoms with Gasteiger partial charge in [-0.2, -0.15) is 0 Å². The third-order valence-electron chi connectivity index (χ3n) is 4.23. The molecule has 0 bridgehead atoms. The van der Waals surface area contributed by atoms with Crippen LogP contribution in [0.15, 0.2) is 4.42 Å². The van der Waals surface area contributed by atoms with Crippen LogP contribution in [0.2, 0.25) is 0 Å². The Morgan fingerprint density at radius 3 is 3.15 bits per heavy atom. The lowest BCUT2D eigenvalue weighted by Gasteiger charge is -2.36. The van der Waals surface area contributed by atoms with Gasteiger partial charge in [-0.05, 0) is 39.2 Å². The lowest BCUT2D eigenvalue weighted by molar-refractivity contribution is 0.0235. The van der Waals surface area contributed by atoms with E-state index in [0.29, 0.717) is 24.1 Å². The standard InChI is InChI=1S/C14H24N4O2/c1-3-7-15-10(2)13-16-17-14(20-13)18-8-9-19-12-6-4-5-11(12)18/h10-12,15H,3-9H2,1-2H3. The van der Waals surface area contributed by atoms with Gasteiger partial charge in [-0.25, -0.2) is 0 Å². The Morgan fingerprint density at radius 1 is 1.40 bits per heavy atom. The summed E-state index contributed by atoms with van der Waals surface area (Å²) in [4.78, 5) is 2.24. The number of rotatable bonds is 5. The van der Waals surface area contributed by atoms with Gasteiger partial charge >= 0.3 is 6.01 Å². The van der Waals surface area contributed by atoms with E-state index >= 15 is 0 Å². The van der Waals surface area contributed by atoms with Crippen molar-refractivity contribution in [3.8, 4) is 0 Å². The number of hydrogen-bond donors (Lipinski definition) is 1.